The Balaban J connectivity index is 2.20. The zero-order valence-electron chi connectivity index (χ0n) is 10.0. The molecule has 0 aliphatic heterocycles. The SMILES string of the molecule is CCNCC(=O)NCCc1ccc(C)cc1. The average Bonchev–Trinajstić information content (AvgIpc) is 2.29. The van der Waals surface area contributed by atoms with E-state index in [0.717, 1.165) is 13.0 Å². The highest BCUT2D eigenvalue weighted by atomic mass is 16.1. The van der Waals surface area contributed by atoms with Crippen LogP contribution in [0.1, 0.15) is 18.1 Å². The van der Waals surface area contributed by atoms with E-state index in [1.165, 1.54) is 11.1 Å². The van der Waals surface area contributed by atoms with Crippen LogP contribution in [0.15, 0.2) is 24.3 Å². The first-order chi connectivity index (χ1) is 7.72. The standard InChI is InChI=1S/C13H20N2O/c1-3-14-10-13(16)15-9-8-12-6-4-11(2)5-7-12/h4-7,14H,3,8-10H2,1-2H3,(H,15,16). The van der Waals surface area contributed by atoms with E-state index < -0.39 is 0 Å². The molecular weight excluding hydrogens is 200 g/mol. The van der Waals surface area contributed by atoms with Crippen LogP contribution in [0.4, 0.5) is 0 Å². The molecule has 0 unspecified atom stereocenters. The highest BCUT2D eigenvalue weighted by Crippen LogP contribution is 2.02. The van der Waals surface area contributed by atoms with E-state index in [0.29, 0.717) is 13.1 Å². The summed E-state index contributed by atoms with van der Waals surface area (Å²) in [6.07, 6.45) is 0.887. The average molecular weight is 220 g/mol. The summed E-state index contributed by atoms with van der Waals surface area (Å²) in [5.41, 5.74) is 2.52. The molecule has 0 fully saturated rings. The first-order valence-corrected chi connectivity index (χ1v) is 5.75. The number of benzene rings is 1. The van der Waals surface area contributed by atoms with Crippen molar-refractivity contribution in [2.75, 3.05) is 19.6 Å². The van der Waals surface area contributed by atoms with Gasteiger partial charge in [0.15, 0.2) is 0 Å². The molecule has 1 rings (SSSR count). The fourth-order valence-electron chi connectivity index (χ4n) is 1.40. The lowest BCUT2D eigenvalue weighted by molar-refractivity contribution is -0.120. The molecule has 88 valence electrons. The summed E-state index contributed by atoms with van der Waals surface area (Å²) in [7, 11) is 0. The summed E-state index contributed by atoms with van der Waals surface area (Å²) in [6, 6.07) is 8.39. The van der Waals surface area contributed by atoms with E-state index >= 15 is 0 Å². The number of hydrogen-bond donors (Lipinski definition) is 2. The van der Waals surface area contributed by atoms with E-state index in [4.69, 9.17) is 0 Å². The van der Waals surface area contributed by atoms with Crippen molar-refractivity contribution in [3.05, 3.63) is 35.4 Å². The van der Waals surface area contributed by atoms with Crippen LogP contribution >= 0.6 is 0 Å². The molecule has 3 heteroatoms. The number of rotatable bonds is 6. The molecule has 0 aliphatic carbocycles. The second-order valence-electron chi connectivity index (χ2n) is 3.87. The molecule has 1 aromatic carbocycles. The molecular formula is C13H20N2O. The topological polar surface area (TPSA) is 41.1 Å². The zero-order chi connectivity index (χ0) is 11.8. The van der Waals surface area contributed by atoms with Gasteiger partial charge in [-0.05, 0) is 25.5 Å². The van der Waals surface area contributed by atoms with Crippen LogP contribution in [-0.4, -0.2) is 25.5 Å². The third-order valence-corrected chi connectivity index (χ3v) is 2.39. The van der Waals surface area contributed by atoms with E-state index in [1.54, 1.807) is 0 Å². The van der Waals surface area contributed by atoms with E-state index in [1.807, 2.05) is 6.92 Å². The van der Waals surface area contributed by atoms with Gasteiger partial charge in [0.05, 0.1) is 6.54 Å². The van der Waals surface area contributed by atoms with Gasteiger partial charge in [0.2, 0.25) is 5.91 Å². The van der Waals surface area contributed by atoms with E-state index in [2.05, 4.69) is 41.8 Å². The van der Waals surface area contributed by atoms with Gasteiger partial charge < -0.3 is 10.6 Å². The lowest BCUT2D eigenvalue weighted by Crippen LogP contribution is -2.34. The molecule has 0 aliphatic rings. The number of amides is 1. The van der Waals surface area contributed by atoms with Crippen molar-refractivity contribution in [3.8, 4) is 0 Å². The van der Waals surface area contributed by atoms with Crippen molar-refractivity contribution in [1.29, 1.82) is 0 Å². The predicted molar refractivity (Wildman–Crippen MR) is 66.4 cm³/mol. The first kappa shape index (κ1) is 12.7. The minimum absolute atomic E-state index is 0.0639. The molecule has 16 heavy (non-hydrogen) atoms. The normalized spacial score (nSPS) is 10.1. The predicted octanol–water partition coefficient (Wildman–Crippen LogP) is 1.26. The van der Waals surface area contributed by atoms with Crippen molar-refractivity contribution in [2.24, 2.45) is 0 Å². The summed E-state index contributed by atoms with van der Waals surface area (Å²) < 4.78 is 0. The number of aryl methyl sites for hydroxylation is 1. The van der Waals surface area contributed by atoms with Crippen LogP contribution in [-0.2, 0) is 11.2 Å². The summed E-state index contributed by atoms with van der Waals surface area (Å²) in [5.74, 6) is 0.0639. The second-order valence-corrected chi connectivity index (χ2v) is 3.87. The van der Waals surface area contributed by atoms with Crippen LogP contribution < -0.4 is 10.6 Å². The Kier molecular flexibility index (Phi) is 5.57. The van der Waals surface area contributed by atoms with Crippen molar-refractivity contribution in [3.63, 3.8) is 0 Å². The van der Waals surface area contributed by atoms with Crippen LogP contribution in [0, 0.1) is 6.92 Å². The van der Waals surface area contributed by atoms with Crippen LogP contribution in [0.3, 0.4) is 0 Å². The van der Waals surface area contributed by atoms with E-state index in [-0.39, 0.29) is 5.91 Å². The number of likely N-dealkylation sites (N-methyl/N-ethyl adjacent to an activating group) is 1. The lowest BCUT2D eigenvalue weighted by atomic mass is 10.1. The fraction of sp³-hybridized carbons (Fsp3) is 0.462. The largest absolute Gasteiger partial charge is 0.355 e. The quantitative estimate of drug-likeness (QED) is 0.758. The first-order valence-electron chi connectivity index (χ1n) is 5.75. The Bertz CT molecular complexity index is 319. The minimum atomic E-state index is 0.0639. The molecule has 0 atom stereocenters. The van der Waals surface area contributed by atoms with Crippen molar-refractivity contribution in [2.45, 2.75) is 20.3 Å². The van der Waals surface area contributed by atoms with Gasteiger partial charge in [-0.3, -0.25) is 4.79 Å². The molecule has 1 amide bonds. The van der Waals surface area contributed by atoms with Gasteiger partial charge in [0.25, 0.3) is 0 Å². The third-order valence-electron chi connectivity index (χ3n) is 2.39. The number of carbonyl (C=O) groups excluding carboxylic acids is 1. The van der Waals surface area contributed by atoms with Gasteiger partial charge >= 0.3 is 0 Å². The Morgan fingerprint density at radius 1 is 1.25 bits per heavy atom. The molecule has 0 spiro atoms. The zero-order valence-corrected chi connectivity index (χ0v) is 10.0. The molecule has 0 saturated carbocycles. The Labute approximate surface area is 97.2 Å². The molecule has 2 N–H and O–H groups in total. The maximum Gasteiger partial charge on any atom is 0.233 e. The summed E-state index contributed by atoms with van der Waals surface area (Å²) >= 11 is 0. The number of hydrogen-bond acceptors (Lipinski definition) is 2. The van der Waals surface area contributed by atoms with Gasteiger partial charge in [-0.2, -0.15) is 0 Å². The summed E-state index contributed by atoms with van der Waals surface area (Å²) in [4.78, 5) is 11.3. The van der Waals surface area contributed by atoms with Crippen LogP contribution in [0.25, 0.3) is 0 Å². The maximum absolute atomic E-state index is 11.3. The van der Waals surface area contributed by atoms with E-state index in [9.17, 15) is 4.79 Å². The minimum Gasteiger partial charge on any atom is -0.355 e. The molecule has 3 nitrogen and oxygen atoms in total. The Hall–Kier alpha value is -1.35. The summed E-state index contributed by atoms with van der Waals surface area (Å²) in [5, 5.41) is 5.87. The molecule has 0 saturated heterocycles. The lowest BCUT2D eigenvalue weighted by Gasteiger charge is -2.05. The monoisotopic (exact) mass is 220 g/mol. The van der Waals surface area contributed by atoms with Crippen molar-refractivity contribution < 1.29 is 4.79 Å². The Morgan fingerprint density at radius 3 is 2.56 bits per heavy atom. The smallest absolute Gasteiger partial charge is 0.233 e. The van der Waals surface area contributed by atoms with Crippen molar-refractivity contribution in [1.82, 2.24) is 10.6 Å². The van der Waals surface area contributed by atoms with Crippen LogP contribution in [0.2, 0.25) is 0 Å². The van der Waals surface area contributed by atoms with Gasteiger partial charge in [-0.15, -0.1) is 0 Å². The highest BCUT2D eigenvalue weighted by Gasteiger charge is 1.98. The van der Waals surface area contributed by atoms with Gasteiger partial charge in [0, 0.05) is 6.54 Å². The van der Waals surface area contributed by atoms with Gasteiger partial charge in [-0.1, -0.05) is 36.8 Å². The van der Waals surface area contributed by atoms with Gasteiger partial charge in [-0.25, -0.2) is 0 Å². The molecule has 0 bridgehead atoms. The molecule has 0 radical (unpaired) electrons. The van der Waals surface area contributed by atoms with Crippen LogP contribution in [0.5, 0.6) is 0 Å². The second kappa shape index (κ2) is 7.01. The Morgan fingerprint density at radius 2 is 1.94 bits per heavy atom. The number of carbonyl (C=O) groups is 1. The molecule has 0 heterocycles. The molecule has 1 aromatic rings. The summed E-state index contributed by atoms with van der Waals surface area (Å²) in [6.45, 7) is 5.99. The third kappa shape index (κ3) is 4.94. The maximum atomic E-state index is 11.3. The van der Waals surface area contributed by atoms with Gasteiger partial charge in [0.1, 0.15) is 0 Å². The van der Waals surface area contributed by atoms with Crippen molar-refractivity contribution >= 4 is 5.91 Å². The highest BCUT2D eigenvalue weighted by molar-refractivity contribution is 5.77. The number of nitrogens with one attached hydrogen (secondary N) is 2. The molecule has 0 aromatic heterocycles. The fourth-order valence-corrected chi connectivity index (χ4v) is 1.40.